The highest BCUT2D eigenvalue weighted by atomic mass is 16.3. The van der Waals surface area contributed by atoms with Crippen molar-refractivity contribution in [3.05, 3.63) is 17.2 Å². The molecule has 2 unspecified atom stereocenters. The van der Waals surface area contributed by atoms with E-state index >= 15 is 0 Å². The summed E-state index contributed by atoms with van der Waals surface area (Å²) in [7, 11) is 0. The maximum Gasteiger partial charge on any atom is 0.106 e. The van der Waals surface area contributed by atoms with Crippen LogP contribution >= 0.6 is 0 Å². The minimum absolute atomic E-state index is 0.195. The SMILES string of the molecule is Cc1nc2c(n1C1CCCCCC1O)CCNC2. The van der Waals surface area contributed by atoms with E-state index in [4.69, 9.17) is 0 Å². The molecular formula is C14H23N3O. The number of aromatic nitrogens is 2. The number of aliphatic hydroxyl groups is 1. The zero-order valence-corrected chi connectivity index (χ0v) is 11.2. The number of imidazole rings is 1. The van der Waals surface area contributed by atoms with Crippen molar-refractivity contribution < 1.29 is 5.11 Å². The fourth-order valence-electron chi connectivity index (χ4n) is 3.48. The van der Waals surface area contributed by atoms with Gasteiger partial charge in [-0.3, -0.25) is 0 Å². The van der Waals surface area contributed by atoms with Crippen LogP contribution in [0, 0.1) is 6.92 Å². The second-order valence-electron chi connectivity index (χ2n) is 5.62. The molecule has 0 bridgehead atoms. The summed E-state index contributed by atoms with van der Waals surface area (Å²) in [5.74, 6) is 1.08. The molecule has 0 aromatic carbocycles. The molecular weight excluding hydrogens is 226 g/mol. The maximum atomic E-state index is 10.4. The van der Waals surface area contributed by atoms with Crippen molar-refractivity contribution in [1.82, 2.24) is 14.9 Å². The number of fused-ring (bicyclic) bond motifs is 1. The lowest BCUT2D eigenvalue weighted by atomic mass is 10.0. The van der Waals surface area contributed by atoms with Crippen LogP contribution in [0.3, 0.4) is 0 Å². The number of rotatable bonds is 1. The van der Waals surface area contributed by atoms with E-state index in [1.54, 1.807) is 0 Å². The first kappa shape index (κ1) is 12.2. The quantitative estimate of drug-likeness (QED) is 0.745. The molecule has 1 aliphatic heterocycles. The third-order valence-corrected chi connectivity index (χ3v) is 4.38. The molecule has 4 nitrogen and oxygen atoms in total. The zero-order chi connectivity index (χ0) is 12.5. The fourth-order valence-corrected chi connectivity index (χ4v) is 3.48. The number of hydrogen-bond donors (Lipinski definition) is 2. The van der Waals surface area contributed by atoms with Crippen LogP contribution in [0.5, 0.6) is 0 Å². The van der Waals surface area contributed by atoms with E-state index < -0.39 is 0 Å². The average molecular weight is 249 g/mol. The summed E-state index contributed by atoms with van der Waals surface area (Å²) in [5, 5.41) is 13.8. The van der Waals surface area contributed by atoms with Crippen molar-refractivity contribution in [3.8, 4) is 0 Å². The molecule has 1 saturated carbocycles. The summed E-state index contributed by atoms with van der Waals surface area (Å²) in [5.41, 5.74) is 2.55. The Balaban J connectivity index is 1.96. The average Bonchev–Trinajstić information content (AvgIpc) is 2.55. The van der Waals surface area contributed by atoms with Crippen LogP contribution in [-0.4, -0.2) is 27.3 Å². The summed E-state index contributed by atoms with van der Waals surface area (Å²) >= 11 is 0. The molecule has 0 saturated heterocycles. The molecule has 0 amide bonds. The van der Waals surface area contributed by atoms with Crippen LogP contribution in [-0.2, 0) is 13.0 Å². The minimum atomic E-state index is -0.195. The summed E-state index contributed by atoms with van der Waals surface area (Å²) in [6, 6.07) is 0.252. The van der Waals surface area contributed by atoms with Crippen molar-refractivity contribution in [2.24, 2.45) is 0 Å². The van der Waals surface area contributed by atoms with Gasteiger partial charge in [-0.15, -0.1) is 0 Å². The van der Waals surface area contributed by atoms with Gasteiger partial charge in [0.2, 0.25) is 0 Å². The second-order valence-corrected chi connectivity index (χ2v) is 5.62. The van der Waals surface area contributed by atoms with Gasteiger partial charge in [0, 0.05) is 25.2 Å². The summed E-state index contributed by atoms with van der Waals surface area (Å²) in [4.78, 5) is 4.68. The Morgan fingerprint density at radius 3 is 3.00 bits per heavy atom. The Morgan fingerprint density at radius 2 is 2.11 bits per heavy atom. The van der Waals surface area contributed by atoms with E-state index in [-0.39, 0.29) is 12.1 Å². The number of nitrogens with zero attached hydrogens (tertiary/aromatic N) is 2. The largest absolute Gasteiger partial charge is 0.391 e. The Labute approximate surface area is 108 Å². The summed E-state index contributed by atoms with van der Waals surface area (Å²) < 4.78 is 2.34. The molecule has 1 aromatic rings. The van der Waals surface area contributed by atoms with Crippen molar-refractivity contribution in [1.29, 1.82) is 0 Å². The Kier molecular flexibility index (Phi) is 3.39. The molecule has 2 aliphatic rings. The van der Waals surface area contributed by atoms with Gasteiger partial charge in [0.15, 0.2) is 0 Å². The molecule has 100 valence electrons. The molecule has 2 heterocycles. The van der Waals surface area contributed by atoms with Crippen LogP contribution < -0.4 is 5.32 Å². The molecule has 1 fully saturated rings. The van der Waals surface area contributed by atoms with Crippen molar-refractivity contribution >= 4 is 0 Å². The van der Waals surface area contributed by atoms with Crippen LogP contribution in [0.4, 0.5) is 0 Å². The van der Waals surface area contributed by atoms with Gasteiger partial charge in [0.25, 0.3) is 0 Å². The molecule has 1 aliphatic carbocycles. The molecule has 2 N–H and O–H groups in total. The Bertz CT molecular complexity index is 427. The predicted molar refractivity (Wildman–Crippen MR) is 70.5 cm³/mol. The molecule has 1 aromatic heterocycles. The van der Waals surface area contributed by atoms with Crippen LogP contribution in [0.1, 0.15) is 55.4 Å². The molecule has 4 heteroatoms. The standard InChI is InChI=1S/C14H23N3O/c1-10-16-11-9-15-8-7-12(11)17(10)13-5-3-2-4-6-14(13)18/h13-15,18H,2-9H2,1H3. The molecule has 3 rings (SSSR count). The van der Waals surface area contributed by atoms with Crippen molar-refractivity contribution in [2.75, 3.05) is 6.54 Å². The number of aryl methyl sites for hydroxylation is 1. The van der Waals surface area contributed by atoms with E-state index in [2.05, 4.69) is 21.8 Å². The van der Waals surface area contributed by atoms with Gasteiger partial charge in [-0.1, -0.05) is 19.3 Å². The first-order chi connectivity index (χ1) is 8.77. The lowest BCUT2D eigenvalue weighted by molar-refractivity contribution is 0.103. The number of aliphatic hydroxyl groups excluding tert-OH is 1. The maximum absolute atomic E-state index is 10.4. The first-order valence-corrected chi connectivity index (χ1v) is 7.22. The smallest absolute Gasteiger partial charge is 0.106 e. The molecule has 0 radical (unpaired) electrons. The second kappa shape index (κ2) is 5.02. The number of nitrogens with one attached hydrogen (secondary N) is 1. The number of hydrogen-bond acceptors (Lipinski definition) is 3. The third-order valence-electron chi connectivity index (χ3n) is 4.38. The van der Waals surface area contributed by atoms with E-state index in [9.17, 15) is 5.11 Å². The van der Waals surface area contributed by atoms with E-state index in [0.29, 0.717) is 0 Å². The summed E-state index contributed by atoms with van der Waals surface area (Å²) in [6.07, 6.45) is 6.53. The van der Waals surface area contributed by atoms with E-state index in [1.807, 2.05) is 0 Å². The lowest BCUT2D eigenvalue weighted by Gasteiger charge is -2.26. The fraction of sp³-hybridized carbons (Fsp3) is 0.786. The van der Waals surface area contributed by atoms with E-state index in [1.165, 1.54) is 24.2 Å². The highest BCUT2D eigenvalue weighted by Gasteiger charge is 2.28. The molecule has 0 spiro atoms. The van der Waals surface area contributed by atoms with Crippen LogP contribution in [0.15, 0.2) is 0 Å². The lowest BCUT2D eigenvalue weighted by Crippen LogP contribution is -2.29. The van der Waals surface area contributed by atoms with Crippen molar-refractivity contribution in [3.63, 3.8) is 0 Å². The Hall–Kier alpha value is -0.870. The normalized spacial score (nSPS) is 28.8. The van der Waals surface area contributed by atoms with Gasteiger partial charge in [0.05, 0.1) is 17.8 Å². The monoisotopic (exact) mass is 249 g/mol. The predicted octanol–water partition coefficient (Wildman–Crippen LogP) is 1.70. The van der Waals surface area contributed by atoms with Crippen LogP contribution in [0.25, 0.3) is 0 Å². The molecule has 2 atom stereocenters. The first-order valence-electron chi connectivity index (χ1n) is 7.22. The van der Waals surface area contributed by atoms with Crippen LogP contribution in [0.2, 0.25) is 0 Å². The van der Waals surface area contributed by atoms with Gasteiger partial charge in [-0.25, -0.2) is 4.98 Å². The minimum Gasteiger partial charge on any atom is -0.391 e. The highest BCUT2D eigenvalue weighted by molar-refractivity contribution is 5.21. The third kappa shape index (κ3) is 2.08. The topological polar surface area (TPSA) is 50.1 Å². The van der Waals surface area contributed by atoms with Gasteiger partial charge in [0.1, 0.15) is 5.82 Å². The van der Waals surface area contributed by atoms with Crippen molar-refractivity contribution in [2.45, 2.75) is 64.1 Å². The molecule has 18 heavy (non-hydrogen) atoms. The zero-order valence-electron chi connectivity index (χ0n) is 11.2. The summed E-state index contributed by atoms with van der Waals surface area (Å²) in [6.45, 7) is 3.99. The van der Waals surface area contributed by atoms with Gasteiger partial charge >= 0.3 is 0 Å². The van der Waals surface area contributed by atoms with E-state index in [0.717, 1.165) is 44.6 Å². The highest BCUT2D eigenvalue weighted by Crippen LogP contribution is 2.31. The Morgan fingerprint density at radius 1 is 1.28 bits per heavy atom. The van der Waals surface area contributed by atoms with Gasteiger partial charge < -0.3 is 15.0 Å². The van der Waals surface area contributed by atoms with Gasteiger partial charge in [-0.2, -0.15) is 0 Å². The van der Waals surface area contributed by atoms with Gasteiger partial charge in [-0.05, 0) is 19.8 Å².